The minimum Gasteiger partial charge on any atom is -0.460 e. The van der Waals surface area contributed by atoms with Crippen LogP contribution in [-0.2, 0) is 25.5 Å². The lowest BCUT2D eigenvalue weighted by atomic mass is 10.0. The van der Waals surface area contributed by atoms with Crippen molar-refractivity contribution in [3.05, 3.63) is 27.6 Å². The quantitative estimate of drug-likeness (QED) is 0.323. The molecule has 1 aromatic rings. The first-order valence-electron chi connectivity index (χ1n) is 10.7. The number of esters is 2. The van der Waals surface area contributed by atoms with Crippen molar-refractivity contribution in [2.75, 3.05) is 18.0 Å². The third kappa shape index (κ3) is 6.63. The van der Waals surface area contributed by atoms with Crippen molar-refractivity contribution < 1.29 is 24.0 Å². The Kier molecular flexibility index (Phi) is 7.97. The fourth-order valence-corrected chi connectivity index (χ4v) is 3.89. The normalized spacial score (nSPS) is 16.4. The lowest BCUT2D eigenvalue weighted by Gasteiger charge is -2.28. The monoisotopic (exact) mass is 435 g/mol. The van der Waals surface area contributed by atoms with E-state index in [0.29, 0.717) is 50.2 Å². The van der Waals surface area contributed by atoms with Crippen molar-refractivity contribution >= 4 is 23.3 Å². The maximum atomic E-state index is 12.0. The third-order valence-electron chi connectivity index (χ3n) is 5.12. The second-order valence-corrected chi connectivity index (χ2v) is 9.02. The molecule has 1 aliphatic rings. The van der Waals surface area contributed by atoms with Crippen LogP contribution in [0.15, 0.2) is 6.20 Å². The highest BCUT2D eigenvalue weighted by molar-refractivity contribution is 5.71. The molecule has 172 valence electrons. The van der Waals surface area contributed by atoms with Crippen LogP contribution >= 0.6 is 0 Å². The zero-order chi connectivity index (χ0) is 23.3. The number of carbonyl (C=O) groups is 2. The second kappa shape index (κ2) is 10.1. The predicted octanol–water partition coefficient (Wildman–Crippen LogP) is 4.12. The van der Waals surface area contributed by atoms with Crippen LogP contribution in [0.3, 0.4) is 0 Å². The molecule has 0 spiro atoms. The van der Waals surface area contributed by atoms with Gasteiger partial charge < -0.3 is 14.4 Å². The van der Waals surface area contributed by atoms with E-state index in [-0.39, 0.29) is 17.6 Å². The molecule has 0 aromatic carbocycles. The van der Waals surface area contributed by atoms with Crippen molar-refractivity contribution in [1.29, 1.82) is 0 Å². The highest BCUT2D eigenvalue weighted by atomic mass is 16.6. The fourth-order valence-electron chi connectivity index (χ4n) is 3.89. The molecule has 0 fully saturated rings. The van der Waals surface area contributed by atoms with Gasteiger partial charge >= 0.3 is 17.6 Å². The molecular formula is C22H33N3O6. The van der Waals surface area contributed by atoms with Gasteiger partial charge in [-0.15, -0.1) is 0 Å². The zero-order valence-corrected chi connectivity index (χ0v) is 19.3. The summed E-state index contributed by atoms with van der Waals surface area (Å²) in [6.07, 6.45) is 2.80. The average Bonchev–Trinajstić information content (AvgIpc) is 3.04. The van der Waals surface area contributed by atoms with Gasteiger partial charge in [-0.2, -0.15) is 0 Å². The number of hydrogen-bond donors (Lipinski definition) is 0. The first-order valence-corrected chi connectivity index (χ1v) is 10.7. The number of nitro groups is 1. The van der Waals surface area contributed by atoms with Gasteiger partial charge in [0.2, 0.25) is 0 Å². The van der Waals surface area contributed by atoms with E-state index in [9.17, 15) is 19.7 Å². The maximum Gasteiger partial charge on any atom is 0.310 e. The lowest BCUT2D eigenvalue weighted by molar-refractivity contribution is -0.384. The Labute approximate surface area is 183 Å². The molecule has 31 heavy (non-hydrogen) atoms. The van der Waals surface area contributed by atoms with Crippen molar-refractivity contribution in [3.63, 3.8) is 0 Å². The van der Waals surface area contributed by atoms with E-state index < -0.39 is 22.6 Å². The molecule has 9 heteroatoms. The molecule has 1 aliphatic carbocycles. The van der Waals surface area contributed by atoms with Gasteiger partial charge in [-0.3, -0.25) is 19.7 Å². The van der Waals surface area contributed by atoms with Crippen LogP contribution in [0.2, 0.25) is 0 Å². The summed E-state index contributed by atoms with van der Waals surface area (Å²) in [7, 11) is 0. The first kappa shape index (κ1) is 24.6. The summed E-state index contributed by atoms with van der Waals surface area (Å²) in [5, 5.41) is 11.7. The van der Waals surface area contributed by atoms with Crippen LogP contribution in [-0.4, -0.2) is 40.5 Å². The van der Waals surface area contributed by atoms with Crippen LogP contribution in [0.5, 0.6) is 0 Å². The second-order valence-electron chi connectivity index (χ2n) is 9.02. The Morgan fingerprint density at radius 2 is 2.06 bits per heavy atom. The molecule has 2 atom stereocenters. The SMILES string of the molecule is CCN(CC(C)CCC(=O)OC(C)(C)C)c1c([N+](=O)[O-])cnc2c1CCC2OC(C)=O. The fraction of sp³-hybridized carbons (Fsp3) is 0.682. The Bertz CT molecular complexity index is 833. The van der Waals surface area contributed by atoms with Gasteiger partial charge in [0.15, 0.2) is 0 Å². The van der Waals surface area contributed by atoms with E-state index in [1.807, 2.05) is 39.5 Å². The van der Waals surface area contributed by atoms with Crippen LogP contribution in [0.25, 0.3) is 0 Å². The Balaban J connectivity index is 2.22. The molecule has 2 rings (SSSR count). The molecule has 1 aromatic heterocycles. The molecule has 0 saturated heterocycles. The molecule has 1 heterocycles. The van der Waals surface area contributed by atoms with E-state index >= 15 is 0 Å². The summed E-state index contributed by atoms with van der Waals surface area (Å²) < 4.78 is 10.7. The molecule has 2 unspecified atom stereocenters. The number of hydrogen-bond acceptors (Lipinski definition) is 8. The van der Waals surface area contributed by atoms with Gasteiger partial charge in [0.25, 0.3) is 0 Å². The number of anilines is 1. The van der Waals surface area contributed by atoms with Crippen molar-refractivity contribution in [2.24, 2.45) is 5.92 Å². The van der Waals surface area contributed by atoms with Crippen LogP contribution in [0.4, 0.5) is 11.4 Å². The Hall–Kier alpha value is -2.71. The molecular weight excluding hydrogens is 402 g/mol. The minimum absolute atomic E-state index is 0.0524. The Morgan fingerprint density at radius 1 is 1.39 bits per heavy atom. The molecule has 0 radical (unpaired) electrons. The number of pyridine rings is 1. The average molecular weight is 436 g/mol. The topological polar surface area (TPSA) is 112 Å². The molecule has 9 nitrogen and oxygen atoms in total. The number of nitrogens with zero attached hydrogens (tertiary/aromatic N) is 3. The van der Waals surface area contributed by atoms with Crippen molar-refractivity contribution in [2.45, 2.75) is 78.9 Å². The van der Waals surface area contributed by atoms with Gasteiger partial charge in [-0.1, -0.05) is 6.92 Å². The Morgan fingerprint density at radius 3 is 2.61 bits per heavy atom. The van der Waals surface area contributed by atoms with Crippen LogP contribution < -0.4 is 4.90 Å². The smallest absolute Gasteiger partial charge is 0.310 e. The number of rotatable bonds is 9. The zero-order valence-electron chi connectivity index (χ0n) is 19.3. The summed E-state index contributed by atoms with van der Waals surface area (Å²) in [6, 6.07) is 0. The molecule has 0 N–H and O–H groups in total. The van der Waals surface area contributed by atoms with Crippen molar-refractivity contribution in [1.82, 2.24) is 4.98 Å². The maximum absolute atomic E-state index is 12.0. The molecule has 0 saturated carbocycles. The summed E-state index contributed by atoms with van der Waals surface area (Å²) in [4.78, 5) is 41.0. The van der Waals surface area contributed by atoms with Gasteiger partial charge in [-0.25, -0.2) is 4.98 Å². The van der Waals surface area contributed by atoms with Gasteiger partial charge in [0.05, 0.1) is 10.6 Å². The number of carbonyl (C=O) groups excluding carboxylic acids is 2. The summed E-state index contributed by atoms with van der Waals surface area (Å²) >= 11 is 0. The predicted molar refractivity (Wildman–Crippen MR) is 116 cm³/mol. The van der Waals surface area contributed by atoms with E-state index in [1.165, 1.54) is 13.1 Å². The van der Waals surface area contributed by atoms with Crippen LogP contribution in [0, 0.1) is 16.0 Å². The first-order chi connectivity index (χ1) is 14.4. The van der Waals surface area contributed by atoms with Crippen LogP contribution in [0.1, 0.15) is 78.2 Å². The summed E-state index contributed by atoms with van der Waals surface area (Å²) in [6.45, 7) is 11.9. The molecule has 0 amide bonds. The summed E-state index contributed by atoms with van der Waals surface area (Å²) in [5.41, 5.74) is 1.32. The molecule has 0 aliphatic heterocycles. The van der Waals surface area contributed by atoms with Crippen molar-refractivity contribution in [3.8, 4) is 0 Å². The summed E-state index contributed by atoms with van der Waals surface area (Å²) in [5.74, 6) is -0.536. The van der Waals surface area contributed by atoms with E-state index in [4.69, 9.17) is 9.47 Å². The molecule has 0 bridgehead atoms. The number of ether oxygens (including phenoxy) is 2. The van der Waals surface area contributed by atoms with E-state index in [2.05, 4.69) is 4.98 Å². The van der Waals surface area contributed by atoms with Gasteiger partial charge in [0.1, 0.15) is 23.6 Å². The number of aromatic nitrogens is 1. The highest BCUT2D eigenvalue weighted by Crippen LogP contribution is 2.42. The minimum atomic E-state index is -0.521. The lowest BCUT2D eigenvalue weighted by Crippen LogP contribution is -2.31. The third-order valence-corrected chi connectivity index (χ3v) is 5.12. The van der Waals surface area contributed by atoms with E-state index in [1.54, 1.807) is 0 Å². The van der Waals surface area contributed by atoms with E-state index in [0.717, 1.165) is 5.56 Å². The van der Waals surface area contributed by atoms with Gasteiger partial charge in [-0.05, 0) is 52.9 Å². The largest absolute Gasteiger partial charge is 0.460 e. The standard InChI is InChI=1S/C22H33N3O6/c1-7-24(13-14(2)8-11-19(27)31-22(4,5)6)21-16-9-10-18(30-15(3)26)20(16)23-12-17(21)25(28)29/h12,14,18H,7-11,13H2,1-6H3. The highest BCUT2D eigenvalue weighted by Gasteiger charge is 2.35. The number of fused-ring (bicyclic) bond motifs is 1. The van der Waals surface area contributed by atoms with Gasteiger partial charge in [0, 0.05) is 32.0 Å².